The molecule has 0 amide bonds. The van der Waals surface area contributed by atoms with E-state index >= 15 is 0 Å². The summed E-state index contributed by atoms with van der Waals surface area (Å²) in [6.07, 6.45) is 1.12. The summed E-state index contributed by atoms with van der Waals surface area (Å²) in [7, 11) is 4.21. The molecule has 0 atom stereocenters. The van der Waals surface area contributed by atoms with E-state index in [2.05, 4.69) is 72.8 Å². The Labute approximate surface area is 138 Å². The molecule has 1 N–H and O–H groups in total. The van der Waals surface area contributed by atoms with Crippen LogP contribution < -0.4 is 5.32 Å². The number of rotatable bonds is 6. The van der Waals surface area contributed by atoms with E-state index in [-0.39, 0.29) is 0 Å². The predicted octanol–water partition coefficient (Wildman–Crippen LogP) is 4.27. The second-order valence-electron chi connectivity index (χ2n) is 6.02. The molecule has 3 aromatic rings. The number of aromatic nitrogens is 1. The Morgan fingerprint density at radius 1 is 0.957 bits per heavy atom. The van der Waals surface area contributed by atoms with Crippen molar-refractivity contribution in [3.63, 3.8) is 0 Å². The Balaban J connectivity index is 1.91. The SMILES string of the molecule is CN(C)CCCNc1cc(-c2ccccc2)nc2ccccc12. The van der Waals surface area contributed by atoms with E-state index in [0.29, 0.717) is 0 Å². The highest BCUT2D eigenvalue weighted by molar-refractivity contribution is 5.93. The van der Waals surface area contributed by atoms with E-state index in [4.69, 9.17) is 4.98 Å². The van der Waals surface area contributed by atoms with E-state index in [1.165, 1.54) is 5.39 Å². The Kier molecular flexibility index (Phi) is 4.89. The van der Waals surface area contributed by atoms with Gasteiger partial charge in [-0.2, -0.15) is 0 Å². The topological polar surface area (TPSA) is 28.2 Å². The number of para-hydroxylation sites is 1. The molecule has 3 nitrogen and oxygen atoms in total. The summed E-state index contributed by atoms with van der Waals surface area (Å²) in [6, 6.07) is 20.8. The predicted molar refractivity (Wildman–Crippen MR) is 98.8 cm³/mol. The van der Waals surface area contributed by atoms with Gasteiger partial charge in [0, 0.05) is 23.2 Å². The van der Waals surface area contributed by atoms with E-state index in [0.717, 1.165) is 42.0 Å². The van der Waals surface area contributed by atoms with Crippen LogP contribution in [0.3, 0.4) is 0 Å². The highest BCUT2D eigenvalue weighted by Gasteiger charge is 2.07. The molecule has 0 unspecified atom stereocenters. The quantitative estimate of drug-likeness (QED) is 0.690. The molecule has 1 heterocycles. The lowest BCUT2D eigenvalue weighted by atomic mass is 10.1. The van der Waals surface area contributed by atoms with Gasteiger partial charge in [0.05, 0.1) is 11.2 Å². The van der Waals surface area contributed by atoms with Gasteiger partial charge in [-0.05, 0) is 39.2 Å². The molecule has 0 fully saturated rings. The van der Waals surface area contributed by atoms with Crippen molar-refractivity contribution in [3.8, 4) is 11.3 Å². The molecule has 0 aliphatic carbocycles. The van der Waals surface area contributed by atoms with Gasteiger partial charge in [0.2, 0.25) is 0 Å². The third kappa shape index (κ3) is 3.88. The van der Waals surface area contributed by atoms with Crippen molar-refractivity contribution in [2.75, 3.05) is 32.5 Å². The van der Waals surface area contributed by atoms with Crippen LogP contribution >= 0.6 is 0 Å². The first-order valence-corrected chi connectivity index (χ1v) is 8.08. The summed E-state index contributed by atoms with van der Waals surface area (Å²) in [4.78, 5) is 7.02. The lowest BCUT2D eigenvalue weighted by Gasteiger charge is -2.14. The van der Waals surface area contributed by atoms with E-state index in [1.807, 2.05) is 12.1 Å². The summed E-state index contributed by atoms with van der Waals surface area (Å²) < 4.78 is 0. The minimum Gasteiger partial charge on any atom is -0.384 e. The first kappa shape index (κ1) is 15.5. The van der Waals surface area contributed by atoms with Gasteiger partial charge < -0.3 is 10.2 Å². The van der Waals surface area contributed by atoms with Crippen molar-refractivity contribution in [3.05, 3.63) is 60.7 Å². The molecule has 2 aromatic carbocycles. The fourth-order valence-electron chi connectivity index (χ4n) is 2.70. The number of fused-ring (bicyclic) bond motifs is 1. The molecule has 3 rings (SSSR count). The second kappa shape index (κ2) is 7.25. The van der Waals surface area contributed by atoms with Crippen LogP contribution in [0.25, 0.3) is 22.2 Å². The Bertz CT molecular complexity index is 766. The minimum atomic E-state index is 0.959. The van der Waals surface area contributed by atoms with Gasteiger partial charge in [-0.1, -0.05) is 48.5 Å². The summed E-state index contributed by atoms with van der Waals surface area (Å²) in [5, 5.41) is 4.76. The zero-order chi connectivity index (χ0) is 16.1. The molecule has 0 spiro atoms. The Hall–Kier alpha value is -2.39. The molecule has 118 valence electrons. The summed E-state index contributed by atoms with van der Waals surface area (Å²) in [5.41, 5.74) is 4.35. The minimum absolute atomic E-state index is 0.959. The van der Waals surface area contributed by atoms with Crippen LogP contribution in [0.2, 0.25) is 0 Å². The lowest BCUT2D eigenvalue weighted by molar-refractivity contribution is 0.405. The van der Waals surface area contributed by atoms with Crippen LogP contribution in [0, 0.1) is 0 Å². The average Bonchev–Trinajstić information content (AvgIpc) is 2.59. The first-order valence-electron chi connectivity index (χ1n) is 8.08. The van der Waals surface area contributed by atoms with Crippen LogP contribution in [-0.4, -0.2) is 37.1 Å². The van der Waals surface area contributed by atoms with Crippen LogP contribution in [-0.2, 0) is 0 Å². The Morgan fingerprint density at radius 2 is 1.70 bits per heavy atom. The summed E-state index contributed by atoms with van der Waals surface area (Å²) in [6.45, 7) is 2.04. The van der Waals surface area contributed by atoms with Crippen molar-refractivity contribution < 1.29 is 0 Å². The highest BCUT2D eigenvalue weighted by atomic mass is 15.1. The van der Waals surface area contributed by atoms with E-state index in [1.54, 1.807) is 0 Å². The molecule has 0 saturated carbocycles. The Morgan fingerprint density at radius 3 is 2.48 bits per heavy atom. The maximum Gasteiger partial charge on any atom is 0.0730 e. The third-order valence-corrected chi connectivity index (χ3v) is 3.88. The van der Waals surface area contributed by atoms with Gasteiger partial charge in [0.15, 0.2) is 0 Å². The zero-order valence-corrected chi connectivity index (χ0v) is 13.8. The molecule has 1 aromatic heterocycles. The lowest BCUT2D eigenvalue weighted by Crippen LogP contribution is -2.16. The molecule has 0 bridgehead atoms. The van der Waals surface area contributed by atoms with Gasteiger partial charge in [-0.15, -0.1) is 0 Å². The van der Waals surface area contributed by atoms with Gasteiger partial charge in [0.25, 0.3) is 0 Å². The largest absolute Gasteiger partial charge is 0.384 e. The van der Waals surface area contributed by atoms with Gasteiger partial charge in [-0.25, -0.2) is 4.98 Å². The fourth-order valence-corrected chi connectivity index (χ4v) is 2.70. The van der Waals surface area contributed by atoms with Crippen molar-refractivity contribution in [1.29, 1.82) is 0 Å². The van der Waals surface area contributed by atoms with Crippen molar-refractivity contribution >= 4 is 16.6 Å². The number of pyridine rings is 1. The maximum atomic E-state index is 4.81. The monoisotopic (exact) mass is 305 g/mol. The van der Waals surface area contributed by atoms with Gasteiger partial charge in [0.1, 0.15) is 0 Å². The number of anilines is 1. The number of hydrogen-bond donors (Lipinski definition) is 1. The normalized spacial score (nSPS) is 11.1. The number of hydrogen-bond acceptors (Lipinski definition) is 3. The molecular weight excluding hydrogens is 282 g/mol. The molecule has 0 aliphatic rings. The summed E-state index contributed by atoms with van der Waals surface area (Å²) in [5.74, 6) is 0. The molecule has 0 aliphatic heterocycles. The van der Waals surface area contributed by atoms with Crippen molar-refractivity contribution in [2.24, 2.45) is 0 Å². The standard InChI is InChI=1S/C20H23N3/c1-23(2)14-8-13-21-20-15-19(16-9-4-3-5-10-16)22-18-12-7-6-11-17(18)20/h3-7,9-12,15H,8,13-14H2,1-2H3,(H,21,22). The molecule has 0 saturated heterocycles. The summed E-state index contributed by atoms with van der Waals surface area (Å²) >= 11 is 0. The number of nitrogens with one attached hydrogen (secondary N) is 1. The number of benzene rings is 2. The van der Waals surface area contributed by atoms with Crippen molar-refractivity contribution in [2.45, 2.75) is 6.42 Å². The average molecular weight is 305 g/mol. The van der Waals surface area contributed by atoms with E-state index in [9.17, 15) is 0 Å². The van der Waals surface area contributed by atoms with Crippen LogP contribution in [0.1, 0.15) is 6.42 Å². The fraction of sp³-hybridized carbons (Fsp3) is 0.250. The van der Waals surface area contributed by atoms with Gasteiger partial charge in [-0.3, -0.25) is 0 Å². The molecule has 0 radical (unpaired) electrons. The second-order valence-corrected chi connectivity index (χ2v) is 6.02. The molecule has 23 heavy (non-hydrogen) atoms. The molecular formula is C20H23N3. The smallest absolute Gasteiger partial charge is 0.0730 e. The first-order chi connectivity index (χ1) is 11.2. The zero-order valence-electron chi connectivity index (χ0n) is 13.8. The number of nitrogens with zero attached hydrogens (tertiary/aromatic N) is 2. The van der Waals surface area contributed by atoms with Crippen molar-refractivity contribution in [1.82, 2.24) is 9.88 Å². The van der Waals surface area contributed by atoms with Crippen LogP contribution in [0.5, 0.6) is 0 Å². The van der Waals surface area contributed by atoms with Gasteiger partial charge >= 0.3 is 0 Å². The molecule has 3 heteroatoms. The maximum absolute atomic E-state index is 4.81. The third-order valence-electron chi connectivity index (χ3n) is 3.88. The highest BCUT2D eigenvalue weighted by Crippen LogP contribution is 2.28. The van der Waals surface area contributed by atoms with Crippen LogP contribution in [0.15, 0.2) is 60.7 Å². The van der Waals surface area contributed by atoms with E-state index < -0.39 is 0 Å². The van der Waals surface area contributed by atoms with Crippen LogP contribution in [0.4, 0.5) is 5.69 Å².